The highest BCUT2D eigenvalue weighted by molar-refractivity contribution is 6.28. The van der Waals surface area contributed by atoms with Crippen LogP contribution in [-0.2, 0) is 0 Å². The average molecular weight is 223 g/mol. The SMILES string of the molecule is O=C(Nc1ncc(Cl)o1)c1ccccc1. The molecule has 0 aliphatic heterocycles. The fourth-order valence-corrected chi connectivity index (χ4v) is 1.19. The summed E-state index contributed by atoms with van der Waals surface area (Å²) in [5.74, 6) is -0.283. The molecule has 2 rings (SSSR count). The number of hydrogen-bond acceptors (Lipinski definition) is 3. The molecular formula is C10H7ClN2O2. The summed E-state index contributed by atoms with van der Waals surface area (Å²) in [6.45, 7) is 0. The van der Waals surface area contributed by atoms with Crippen molar-refractivity contribution >= 4 is 23.5 Å². The van der Waals surface area contributed by atoms with E-state index in [2.05, 4.69) is 10.3 Å². The van der Waals surface area contributed by atoms with Gasteiger partial charge in [-0.05, 0) is 23.7 Å². The van der Waals surface area contributed by atoms with E-state index < -0.39 is 0 Å². The first kappa shape index (κ1) is 9.73. The quantitative estimate of drug-likeness (QED) is 0.850. The van der Waals surface area contributed by atoms with Gasteiger partial charge in [-0.1, -0.05) is 18.2 Å². The van der Waals surface area contributed by atoms with Crippen molar-refractivity contribution in [3.05, 3.63) is 47.3 Å². The van der Waals surface area contributed by atoms with Crippen LogP contribution in [0.15, 0.2) is 40.9 Å². The molecule has 1 heterocycles. The Hall–Kier alpha value is -1.81. The van der Waals surface area contributed by atoms with Crippen molar-refractivity contribution in [3.63, 3.8) is 0 Å². The van der Waals surface area contributed by atoms with E-state index in [1.807, 2.05) is 6.07 Å². The van der Waals surface area contributed by atoms with Gasteiger partial charge in [0.2, 0.25) is 5.22 Å². The predicted octanol–water partition coefficient (Wildman–Crippen LogP) is 2.58. The summed E-state index contributed by atoms with van der Waals surface area (Å²) in [5.41, 5.74) is 0.534. The maximum Gasteiger partial charge on any atom is 0.303 e. The van der Waals surface area contributed by atoms with Gasteiger partial charge in [0.15, 0.2) is 0 Å². The number of nitrogens with zero attached hydrogens (tertiary/aromatic N) is 1. The Kier molecular flexibility index (Phi) is 2.69. The maximum absolute atomic E-state index is 11.6. The minimum Gasteiger partial charge on any atom is -0.411 e. The normalized spacial score (nSPS) is 9.93. The van der Waals surface area contributed by atoms with Crippen LogP contribution in [0.2, 0.25) is 5.22 Å². The van der Waals surface area contributed by atoms with Crippen LogP contribution in [0.3, 0.4) is 0 Å². The Morgan fingerprint density at radius 2 is 2.07 bits per heavy atom. The predicted molar refractivity (Wildman–Crippen MR) is 55.9 cm³/mol. The zero-order valence-electron chi connectivity index (χ0n) is 7.61. The summed E-state index contributed by atoms with van der Waals surface area (Å²) in [5, 5.41) is 2.62. The molecule has 0 bridgehead atoms. The summed E-state index contributed by atoms with van der Waals surface area (Å²) in [6.07, 6.45) is 1.32. The molecule has 0 atom stereocenters. The monoisotopic (exact) mass is 222 g/mol. The summed E-state index contributed by atoms with van der Waals surface area (Å²) >= 11 is 5.51. The van der Waals surface area contributed by atoms with Crippen molar-refractivity contribution in [1.82, 2.24) is 4.98 Å². The molecule has 0 unspecified atom stereocenters. The third-order valence-corrected chi connectivity index (χ3v) is 1.91. The lowest BCUT2D eigenvalue weighted by molar-refractivity contribution is 0.102. The molecule has 4 nitrogen and oxygen atoms in total. The molecule has 1 aromatic heterocycles. The summed E-state index contributed by atoms with van der Waals surface area (Å²) < 4.78 is 4.90. The lowest BCUT2D eigenvalue weighted by Gasteiger charge is -1.99. The second-order valence-corrected chi connectivity index (χ2v) is 3.16. The van der Waals surface area contributed by atoms with E-state index in [0.717, 1.165) is 0 Å². The minimum absolute atomic E-state index is 0.0915. The molecule has 0 saturated carbocycles. The summed E-state index contributed by atoms with van der Waals surface area (Å²) in [7, 11) is 0. The Balaban J connectivity index is 2.11. The molecule has 0 spiro atoms. The molecule has 15 heavy (non-hydrogen) atoms. The Morgan fingerprint density at radius 1 is 1.33 bits per heavy atom. The van der Waals surface area contributed by atoms with Crippen LogP contribution in [0.1, 0.15) is 10.4 Å². The molecular weight excluding hydrogens is 216 g/mol. The van der Waals surface area contributed by atoms with Gasteiger partial charge in [0.25, 0.3) is 5.91 Å². The van der Waals surface area contributed by atoms with E-state index in [9.17, 15) is 4.79 Å². The van der Waals surface area contributed by atoms with Crippen LogP contribution in [0, 0.1) is 0 Å². The molecule has 0 fully saturated rings. The summed E-state index contributed by atoms with van der Waals surface area (Å²) in [4.78, 5) is 15.3. The van der Waals surface area contributed by atoms with Crippen molar-refractivity contribution in [1.29, 1.82) is 0 Å². The number of carbonyl (C=O) groups excluding carboxylic acids is 1. The largest absolute Gasteiger partial charge is 0.411 e. The van der Waals surface area contributed by atoms with Gasteiger partial charge in [0.05, 0.1) is 6.20 Å². The number of benzene rings is 1. The Bertz CT molecular complexity index is 467. The zero-order valence-corrected chi connectivity index (χ0v) is 8.36. The number of oxazole rings is 1. The molecule has 0 aliphatic rings. The van der Waals surface area contributed by atoms with Gasteiger partial charge >= 0.3 is 6.01 Å². The highest BCUT2D eigenvalue weighted by Crippen LogP contribution is 2.14. The van der Waals surface area contributed by atoms with Gasteiger partial charge in [-0.25, -0.2) is 4.98 Å². The van der Waals surface area contributed by atoms with Gasteiger partial charge in [0.1, 0.15) is 0 Å². The van der Waals surface area contributed by atoms with Crippen LogP contribution in [0.4, 0.5) is 6.01 Å². The topological polar surface area (TPSA) is 55.1 Å². The minimum atomic E-state index is -0.283. The van der Waals surface area contributed by atoms with Crippen LogP contribution in [0.5, 0.6) is 0 Å². The van der Waals surface area contributed by atoms with Crippen LogP contribution in [0.25, 0.3) is 0 Å². The first-order valence-electron chi connectivity index (χ1n) is 4.23. The fourth-order valence-electron chi connectivity index (χ4n) is 1.07. The fraction of sp³-hybridized carbons (Fsp3) is 0. The zero-order chi connectivity index (χ0) is 10.7. The number of anilines is 1. The Labute approximate surface area is 90.9 Å². The van der Waals surface area contributed by atoms with Gasteiger partial charge in [-0.2, -0.15) is 0 Å². The molecule has 1 N–H and O–H groups in total. The molecule has 0 radical (unpaired) electrons. The van der Waals surface area contributed by atoms with Crippen molar-refractivity contribution in [3.8, 4) is 0 Å². The van der Waals surface area contributed by atoms with Gasteiger partial charge in [-0.3, -0.25) is 10.1 Å². The van der Waals surface area contributed by atoms with Crippen LogP contribution >= 0.6 is 11.6 Å². The van der Waals surface area contributed by atoms with Gasteiger partial charge in [0, 0.05) is 5.56 Å². The van der Waals surface area contributed by atoms with Crippen molar-refractivity contribution < 1.29 is 9.21 Å². The van der Waals surface area contributed by atoms with Crippen LogP contribution < -0.4 is 5.32 Å². The standard InChI is InChI=1S/C10H7ClN2O2/c11-8-6-12-10(15-8)13-9(14)7-4-2-1-3-5-7/h1-6H,(H,12,13,14). The van der Waals surface area contributed by atoms with Gasteiger partial charge in [-0.15, -0.1) is 0 Å². The van der Waals surface area contributed by atoms with E-state index in [1.165, 1.54) is 6.20 Å². The average Bonchev–Trinajstić information content (AvgIpc) is 2.65. The first-order valence-corrected chi connectivity index (χ1v) is 4.61. The van der Waals surface area contributed by atoms with E-state index in [0.29, 0.717) is 5.56 Å². The molecule has 0 aliphatic carbocycles. The number of amides is 1. The lowest BCUT2D eigenvalue weighted by atomic mass is 10.2. The van der Waals surface area contributed by atoms with Crippen molar-refractivity contribution in [2.75, 3.05) is 5.32 Å². The van der Waals surface area contributed by atoms with E-state index in [4.69, 9.17) is 16.0 Å². The summed E-state index contributed by atoms with van der Waals surface area (Å²) in [6, 6.07) is 8.86. The third kappa shape index (κ3) is 2.35. The first-order chi connectivity index (χ1) is 7.25. The van der Waals surface area contributed by atoms with E-state index >= 15 is 0 Å². The second-order valence-electron chi connectivity index (χ2n) is 2.79. The highest BCUT2D eigenvalue weighted by Gasteiger charge is 2.08. The van der Waals surface area contributed by atoms with E-state index in [-0.39, 0.29) is 17.1 Å². The molecule has 0 saturated heterocycles. The van der Waals surface area contributed by atoms with Crippen molar-refractivity contribution in [2.45, 2.75) is 0 Å². The molecule has 2 aromatic rings. The molecule has 1 aromatic carbocycles. The maximum atomic E-state index is 11.6. The molecule has 5 heteroatoms. The molecule has 76 valence electrons. The Morgan fingerprint density at radius 3 is 2.67 bits per heavy atom. The number of hydrogen-bond donors (Lipinski definition) is 1. The number of carbonyl (C=O) groups is 1. The van der Waals surface area contributed by atoms with Gasteiger partial charge < -0.3 is 4.42 Å². The third-order valence-electron chi connectivity index (χ3n) is 1.73. The number of rotatable bonds is 2. The number of aromatic nitrogens is 1. The smallest absolute Gasteiger partial charge is 0.303 e. The highest BCUT2D eigenvalue weighted by atomic mass is 35.5. The lowest BCUT2D eigenvalue weighted by Crippen LogP contribution is -2.11. The number of halogens is 1. The van der Waals surface area contributed by atoms with Crippen molar-refractivity contribution in [2.24, 2.45) is 0 Å². The van der Waals surface area contributed by atoms with Crippen LogP contribution in [-0.4, -0.2) is 10.9 Å². The molecule has 1 amide bonds. The second kappa shape index (κ2) is 4.14. The number of nitrogens with one attached hydrogen (secondary N) is 1. The van der Waals surface area contributed by atoms with E-state index in [1.54, 1.807) is 24.3 Å².